The van der Waals surface area contributed by atoms with Gasteiger partial charge >= 0.3 is 5.69 Å². The van der Waals surface area contributed by atoms with Crippen molar-refractivity contribution in [3.05, 3.63) is 34.4 Å². The van der Waals surface area contributed by atoms with Crippen molar-refractivity contribution in [2.45, 2.75) is 55.5 Å². The SMILES string of the molecule is CCCCCCCC(=O)N[C@@H](Oc1ccccc1[N+](=O)[O-])C(Cl)(Cl)Cl. The van der Waals surface area contributed by atoms with Crippen LogP contribution in [0.5, 0.6) is 5.75 Å². The zero-order valence-corrected chi connectivity index (χ0v) is 16.1. The van der Waals surface area contributed by atoms with Crippen molar-refractivity contribution in [3.63, 3.8) is 0 Å². The van der Waals surface area contributed by atoms with Gasteiger partial charge in [0.1, 0.15) is 0 Å². The van der Waals surface area contributed by atoms with Crippen LogP contribution in [0.3, 0.4) is 0 Å². The second-order valence-electron chi connectivity index (χ2n) is 5.50. The lowest BCUT2D eigenvalue weighted by Gasteiger charge is -2.26. The highest BCUT2D eigenvalue weighted by molar-refractivity contribution is 6.68. The highest BCUT2D eigenvalue weighted by Gasteiger charge is 2.37. The molecule has 9 heteroatoms. The number of carbonyl (C=O) groups is 1. The first-order chi connectivity index (χ1) is 11.8. The topological polar surface area (TPSA) is 81.5 Å². The van der Waals surface area contributed by atoms with E-state index in [1.54, 1.807) is 6.07 Å². The van der Waals surface area contributed by atoms with E-state index in [1.165, 1.54) is 18.2 Å². The number of nitro groups is 1. The van der Waals surface area contributed by atoms with Crippen LogP contribution in [0.2, 0.25) is 0 Å². The van der Waals surface area contributed by atoms with Crippen LogP contribution < -0.4 is 10.1 Å². The van der Waals surface area contributed by atoms with Gasteiger partial charge in [0.2, 0.25) is 15.9 Å². The van der Waals surface area contributed by atoms with Gasteiger partial charge in [0, 0.05) is 12.5 Å². The van der Waals surface area contributed by atoms with Crippen LogP contribution in [-0.4, -0.2) is 20.9 Å². The molecule has 0 spiro atoms. The minimum Gasteiger partial charge on any atom is -0.459 e. The second kappa shape index (κ2) is 10.7. The molecular formula is C16H21Cl3N2O4. The molecule has 1 aromatic carbocycles. The van der Waals surface area contributed by atoms with Gasteiger partial charge in [-0.05, 0) is 12.5 Å². The molecule has 0 aliphatic rings. The summed E-state index contributed by atoms with van der Waals surface area (Å²) in [6, 6.07) is 5.68. The molecule has 0 aliphatic heterocycles. The Morgan fingerprint density at radius 3 is 2.48 bits per heavy atom. The smallest absolute Gasteiger partial charge is 0.311 e. The number of nitro benzene ring substituents is 1. The van der Waals surface area contributed by atoms with E-state index in [0.717, 1.165) is 25.7 Å². The van der Waals surface area contributed by atoms with Crippen molar-refractivity contribution in [1.29, 1.82) is 0 Å². The first kappa shape index (κ1) is 21.8. The van der Waals surface area contributed by atoms with Crippen LogP contribution in [0.1, 0.15) is 45.4 Å². The van der Waals surface area contributed by atoms with E-state index in [9.17, 15) is 14.9 Å². The van der Waals surface area contributed by atoms with Crippen LogP contribution in [-0.2, 0) is 4.79 Å². The summed E-state index contributed by atoms with van der Waals surface area (Å²) in [5.41, 5.74) is -0.282. The molecule has 0 radical (unpaired) electrons. The summed E-state index contributed by atoms with van der Waals surface area (Å²) in [6.07, 6.45) is 3.87. The molecule has 0 aromatic heterocycles. The lowest BCUT2D eigenvalue weighted by atomic mass is 10.1. The third-order valence-electron chi connectivity index (χ3n) is 3.40. The molecule has 0 fully saturated rings. The van der Waals surface area contributed by atoms with Crippen molar-refractivity contribution in [1.82, 2.24) is 5.32 Å². The molecule has 1 N–H and O–H groups in total. The molecule has 0 unspecified atom stereocenters. The van der Waals surface area contributed by atoms with Crippen molar-refractivity contribution in [2.75, 3.05) is 0 Å². The number of carbonyl (C=O) groups excluding carboxylic acids is 1. The molecule has 0 saturated carbocycles. The number of amides is 1. The number of nitrogens with one attached hydrogen (secondary N) is 1. The minimum absolute atomic E-state index is 0.0907. The van der Waals surface area contributed by atoms with Crippen LogP contribution in [0, 0.1) is 10.1 Å². The maximum Gasteiger partial charge on any atom is 0.311 e. The number of halogens is 3. The van der Waals surface area contributed by atoms with Crippen LogP contribution in [0.15, 0.2) is 24.3 Å². The number of para-hydroxylation sites is 2. The summed E-state index contributed by atoms with van der Waals surface area (Å²) in [4.78, 5) is 22.5. The Kier molecular flexibility index (Phi) is 9.32. The van der Waals surface area contributed by atoms with E-state index in [1.807, 2.05) is 0 Å². The molecule has 0 bridgehead atoms. The van der Waals surface area contributed by atoms with E-state index in [0.29, 0.717) is 6.42 Å². The molecule has 1 rings (SSSR count). The van der Waals surface area contributed by atoms with E-state index in [2.05, 4.69) is 12.2 Å². The number of ether oxygens (including phenoxy) is 1. The van der Waals surface area contributed by atoms with Gasteiger partial charge in [-0.3, -0.25) is 14.9 Å². The first-order valence-corrected chi connectivity index (χ1v) is 9.15. The summed E-state index contributed by atoms with van der Waals surface area (Å²) in [6.45, 7) is 2.11. The van der Waals surface area contributed by atoms with Crippen molar-refractivity contribution in [3.8, 4) is 5.75 Å². The Hall–Kier alpha value is -1.24. The zero-order valence-electron chi connectivity index (χ0n) is 13.8. The monoisotopic (exact) mass is 410 g/mol. The first-order valence-electron chi connectivity index (χ1n) is 8.02. The van der Waals surface area contributed by atoms with Gasteiger partial charge < -0.3 is 10.1 Å². The molecule has 0 saturated heterocycles. The van der Waals surface area contributed by atoms with Crippen LogP contribution >= 0.6 is 34.8 Å². The van der Waals surface area contributed by atoms with Crippen molar-refractivity contribution >= 4 is 46.4 Å². The average Bonchev–Trinajstić information content (AvgIpc) is 2.53. The number of nitrogens with zero attached hydrogens (tertiary/aromatic N) is 1. The van der Waals surface area contributed by atoms with Crippen molar-refractivity contribution < 1.29 is 14.5 Å². The molecule has 1 atom stereocenters. The quantitative estimate of drug-likeness (QED) is 0.190. The Balaban J connectivity index is 2.70. The number of alkyl halides is 3. The molecule has 140 valence electrons. The zero-order chi connectivity index (χ0) is 18.9. The van der Waals surface area contributed by atoms with Gasteiger partial charge in [-0.25, -0.2) is 0 Å². The molecule has 0 aliphatic carbocycles. The highest BCUT2D eigenvalue weighted by atomic mass is 35.6. The maximum atomic E-state index is 12.0. The molecule has 25 heavy (non-hydrogen) atoms. The summed E-state index contributed by atoms with van der Waals surface area (Å²) in [5, 5.41) is 13.5. The lowest BCUT2D eigenvalue weighted by Crippen LogP contribution is -2.47. The van der Waals surface area contributed by atoms with Crippen LogP contribution in [0.25, 0.3) is 0 Å². The van der Waals surface area contributed by atoms with Crippen molar-refractivity contribution in [2.24, 2.45) is 0 Å². The van der Waals surface area contributed by atoms with Gasteiger partial charge in [0.15, 0.2) is 5.75 Å². The predicted octanol–water partition coefficient (Wildman–Crippen LogP) is 5.15. The predicted molar refractivity (Wildman–Crippen MR) is 99.3 cm³/mol. The second-order valence-corrected chi connectivity index (χ2v) is 7.87. The number of rotatable bonds is 10. The fourth-order valence-corrected chi connectivity index (χ4v) is 2.42. The summed E-state index contributed by atoms with van der Waals surface area (Å²) < 4.78 is 3.43. The van der Waals surface area contributed by atoms with Gasteiger partial charge in [0.25, 0.3) is 0 Å². The molecule has 1 aromatic rings. The van der Waals surface area contributed by atoms with Crippen LogP contribution in [0.4, 0.5) is 5.69 Å². The van der Waals surface area contributed by atoms with E-state index in [4.69, 9.17) is 39.5 Å². The largest absolute Gasteiger partial charge is 0.459 e. The third-order valence-corrected chi connectivity index (χ3v) is 4.00. The van der Waals surface area contributed by atoms with E-state index >= 15 is 0 Å². The molecule has 6 nitrogen and oxygen atoms in total. The Morgan fingerprint density at radius 2 is 1.88 bits per heavy atom. The number of unbranched alkanes of at least 4 members (excludes halogenated alkanes) is 4. The highest BCUT2D eigenvalue weighted by Crippen LogP contribution is 2.34. The van der Waals surface area contributed by atoms with Gasteiger partial charge in [-0.2, -0.15) is 0 Å². The third kappa shape index (κ3) is 8.12. The van der Waals surface area contributed by atoms with Gasteiger partial charge in [0.05, 0.1) is 4.92 Å². The van der Waals surface area contributed by atoms with E-state index in [-0.39, 0.29) is 23.8 Å². The van der Waals surface area contributed by atoms with E-state index < -0.39 is 14.9 Å². The van der Waals surface area contributed by atoms with Gasteiger partial charge in [-0.15, -0.1) is 0 Å². The average molecular weight is 412 g/mol. The Morgan fingerprint density at radius 1 is 1.24 bits per heavy atom. The van der Waals surface area contributed by atoms with Gasteiger partial charge in [-0.1, -0.05) is 79.5 Å². The molecule has 0 heterocycles. The molecule has 1 amide bonds. The minimum atomic E-state index is -1.98. The lowest BCUT2D eigenvalue weighted by molar-refractivity contribution is -0.386. The number of hydrogen-bond donors (Lipinski definition) is 1. The normalized spacial score (nSPS) is 12.5. The summed E-state index contributed by atoms with van der Waals surface area (Å²) >= 11 is 17.5. The Bertz CT molecular complexity index is 579. The Labute approximate surface area is 161 Å². The number of hydrogen-bond acceptors (Lipinski definition) is 4. The standard InChI is InChI=1S/C16H21Cl3N2O4/c1-2-3-4-5-6-11-14(22)20-15(16(17,18)19)25-13-10-8-7-9-12(13)21(23)24/h7-10,15H,2-6,11H2,1H3,(H,20,22)/t15-/m0/s1. The fraction of sp³-hybridized carbons (Fsp3) is 0.562. The summed E-state index contributed by atoms with van der Waals surface area (Å²) in [5.74, 6) is -0.432. The molecular weight excluding hydrogens is 391 g/mol. The number of benzene rings is 1. The fourth-order valence-electron chi connectivity index (χ4n) is 2.12. The maximum absolute atomic E-state index is 12.0. The summed E-state index contributed by atoms with van der Waals surface area (Å²) in [7, 11) is 0.